The maximum Gasteiger partial charge on any atom is 0.194 e. The van der Waals surface area contributed by atoms with Crippen molar-refractivity contribution in [2.75, 3.05) is 6.54 Å². The van der Waals surface area contributed by atoms with Gasteiger partial charge < -0.3 is 9.73 Å². The minimum Gasteiger partial charge on any atom is -0.445 e. The lowest BCUT2D eigenvalue weighted by Crippen LogP contribution is -2.23. The summed E-state index contributed by atoms with van der Waals surface area (Å²) in [6, 6.07) is 0.566. The van der Waals surface area contributed by atoms with E-state index in [2.05, 4.69) is 24.1 Å². The maximum atomic E-state index is 5.91. The number of fused-ring (bicyclic) bond motifs is 1. The minimum atomic E-state index is 0.566. The van der Waals surface area contributed by atoms with E-state index in [-0.39, 0.29) is 0 Å². The second-order valence-electron chi connectivity index (χ2n) is 6.15. The molecule has 0 spiro atoms. The highest BCUT2D eigenvalue weighted by Crippen LogP contribution is 2.63. The molecule has 0 bridgehead atoms. The fourth-order valence-electron chi connectivity index (χ4n) is 3.47. The summed E-state index contributed by atoms with van der Waals surface area (Å²) in [7, 11) is 0. The molecule has 1 N–H and O–H groups in total. The van der Waals surface area contributed by atoms with Crippen LogP contribution in [0.1, 0.15) is 57.1 Å². The molecule has 1 aromatic rings. The first kappa shape index (κ1) is 12.2. The number of aromatic nitrogens is 1. The van der Waals surface area contributed by atoms with Crippen LogP contribution in [-0.2, 0) is 6.42 Å². The van der Waals surface area contributed by atoms with Crippen LogP contribution in [0.15, 0.2) is 10.6 Å². The van der Waals surface area contributed by atoms with Crippen LogP contribution in [0.5, 0.6) is 0 Å². The van der Waals surface area contributed by atoms with Crippen LogP contribution in [0.2, 0.25) is 0 Å². The Kier molecular flexibility index (Phi) is 3.42. The van der Waals surface area contributed by atoms with E-state index in [1.807, 2.05) is 6.20 Å². The Morgan fingerprint density at radius 1 is 1.39 bits per heavy atom. The Balaban J connectivity index is 1.46. The van der Waals surface area contributed by atoms with Crippen molar-refractivity contribution in [2.45, 2.75) is 57.9 Å². The smallest absolute Gasteiger partial charge is 0.194 e. The SMILES string of the molecule is CC(C)NCCCc1ncc(C2C3CCCC32)o1. The number of nitrogens with one attached hydrogen (secondary N) is 1. The molecule has 0 amide bonds. The van der Waals surface area contributed by atoms with Gasteiger partial charge in [0.1, 0.15) is 5.76 Å². The molecule has 1 heterocycles. The van der Waals surface area contributed by atoms with Crippen LogP contribution in [0.3, 0.4) is 0 Å². The van der Waals surface area contributed by atoms with E-state index in [4.69, 9.17) is 4.42 Å². The van der Waals surface area contributed by atoms with Gasteiger partial charge in [0, 0.05) is 18.4 Å². The molecule has 0 radical (unpaired) electrons. The molecular formula is C15H24N2O. The zero-order valence-corrected chi connectivity index (χ0v) is 11.5. The van der Waals surface area contributed by atoms with Crippen molar-refractivity contribution in [1.29, 1.82) is 0 Å². The van der Waals surface area contributed by atoms with E-state index < -0.39 is 0 Å². The molecule has 1 aromatic heterocycles. The van der Waals surface area contributed by atoms with E-state index >= 15 is 0 Å². The fourth-order valence-corrected chi connectivity index (χ4v) is 3.47. The van der Waals surface area contributed by atoms with Crippen molar-refractivity contribution in [3.05, 3.63) is 17.8 Å². The predicted octanol–water partition coefficient (Wildman–Crippen LogP) is 3.12. The molecule has 2 aliphatic carbocycles. The Hall–Kier alpha value is -0.830. The second-order valence-corrected chi connectivity index (χ2v) is 6.15. The molecule has 100 valence electrons. The molecule has 2 fully saturated rings. The second kappa shape index (κ2) is 5.04. The van der Waals surface area contributed by atoms with Gasteiger partial charge in [-0.1, -0.05) is 20.3 Å². The van der Waals surface area contributed by atoms with E-state index in [0.717, 1.165) is 42.9 Å². The van der Waals surface area contributed by atoms with Crippen molar-refractivity contribution < 1.29 is 4.42 Å². The highest BCUT2D eigenvalue weighted by Gasteiger charge is 2.54. The number of aryl methyl sites for hydroxylation is 1. The monoisotopic (exact) mass is 248 g/mol. The maximum absolute atomic E-state index is 5.91. The minimum absolute atomic E-state index is 0.566. The Bertz CT molecular complexity index is 389. The van der Waals surface area contributed by atoms with E-state index in [9.17, 15) is 0 Å². The van der Waals surface area contributed by atoms with Gasteiger partial charge in [0.15, 0.2) is 5.89 Å². The predicted molar refractivity (Wildman–Crippen MR) is 71.5 cm³/mol. The van der Waals surface area contributed by atoms with Gasteiger partial charge in [-0.2, -0.15) is 0 Å². The van der Waals surface area contributed by atoms with Crippen molar-refractivity contribution in [3.63, 3.8) is 0 Å². The fraction of sp³-hybridized carbons (Fsp3) is 0.800. The van der Waals surface area contributed by atoms with Crippen LogP contribution in [-0.4, -0.2) is 17.6 Å². The van der Waals surface area contributed by atoms with Gasteiger partial charge in [-0.15, -0.1) is 0 Å². The Morgan fingerprint density at radius 3 is 2.89 bits per heavy atom. The molecule has 3 heteroatoms. The third kappa shape index (κ3) is 2.46. The molecule has 0 aromatic carbocycles. The number of oxazole rings is 1. The van der Waals surface area contributed by atoms with Crippen molar-refractivity contribution in [3.8, 4) is 0 Å². The number of nitrogens with zero attached hydrogens (tertiary/aromatic N) is 1. The van der Waals surface area contributed by atoms with Gasteiger partial charge in [0.05, 0.1) is 6.20 Å². The summed E-state index contributed by atoms with van der Waals surface area (Å²) in [6.45, 7) is 5.40. The normalized spacial score (nSPS) is 29.8. The van der Waals surface area contributed by atoms with Gasteiger partial charge in [-0.05, 0) is 37.6 Å². The van der Waals surface area contributed by atoms with Crippen LogP contribution in [0.4, 0.5) is 0 Å². The van der Waals surface area contributed by atoms with Gasteiger partial charge in [0.2, 0.25) is 0 Å². The van der Waals surface area contributed by atoms with E-state index in [0.29, 0.717) is 12.0 Å². The summed E-state index contributed by atoms with van der Waals surface area (Å²) in [6.07, 6.45) is 8.28. The van der Waals surface area contributed by atoms with Crippen molar-refractivity contribution >= 4 is 0 Å². The van der Waals surface area contributed by atoms with Gasteiger partial charge in [0.25, 0.3) is 0 Å². The molecule has 2 unspecified atom stereocenters. The average Bonchev–Trinajstić information content (AvgIpc) is 2.75. The van der Waals surface area contributed by atoms with Gasteiger partial charge in [-0.25, -0.2) is 4.98 Å². The summed E-state index contributed by atoms with van der Waals surface area (Å²) < 4.78 is 5.91. The summed E-state index contributed by atoms with van der Waals surface area (Å²) in [5.41, 5.74) is 0. The molecule has 0 aliphatic heterocycles. The van der Waals surface area contributed by atoms with Crippen LogP contribution in [0.25, 0.3) is 0 Å². The Labute approximate surface area is 109 Å². The average molecular weight is 248 g/mol. The van der Waals surface area contributed by atoms with Crippen LogP contribution >= 0.6 is 0 Å². The highest BCUT2D eigenvalue weighted by atomic mass is 16.4. The number of hydrogen-bond acceptors (Lipinski definition) is 3. The zero-order chi connectivity index (χ0) is 12.5. The number of hydrogen-bond donors (Lipinski definition) is 1. The van der Waals surface area contributed by atoms with Crippen molar-refractivity contribution in [2.24, 2.45) is 11.8 Å². The standard InChI is InChI=1S/C15H24N2O/c1-10(2)16-8-4-7-14-17-9-13(18-14)15-11-5-3-6-12(11)15/h9-12,15-16H,3-8H2,1-2H3. The third-order valence-corrected chi connectivity index (χ3v) is 4.43. The molecule has 0 saturated heterocycles. The largest absolute Gasteiger partial charge is 0.445 e. The molecule has 3 rings (SSSR count). The van der Waals surface area contributed by atoms with Crippen molar-refractivity contribution in [1.82, 2.24) is 10.3 Å². The topological polar surface area (TPSA) is 38.1 Å². The molecule has 2 aliphatic rings. The third-order valence-electron chi connectivity index (χ3n) is 4.43. The highest BCUT2D eigenvalue weighted by molar-refractivity contribution is 5.19. The lowest BCUT2D eigenvalue weighted by atomic mass is 10.1. The molecule has 2 saturated carbocycles. The Morgan fingerprint density at radius 2 is 2.17 bits per heavy atom. The molecule has 3 nitrogen and oxygen atoms in total. The van der Waals surface area contributed by atoms with Gasteiger partial charge >= 0.3 is 0 Å². The first-order valence-electron chi connectivity index (χ1n) is 7.43. The van der Waals surface area contributed by atoms with E-state index in [1.165, 1.54) is 19.3 Å². The summed E-state index contributed by atoms with van der Waals surface area (Å²) in [5.74, 6) is 4.66. The van der Waals surface area contributed by atoms with Gasteiger partial charge in [-0.3, -0.25) is 0 Å². The summed E-state index contributed by atoms with van der Waals surface area (Å²) >= 11 is 0. The van der Waals surface area contributed by atoms with Crippen LogP contribution in [0, 0.1) is 11.8 Å². The lowest BCUT2D eigenvalue weighted by Gasteiger charge is -2.05. The van der Waals surface area contributed by atoms with E-state index in [1.54, 1.807) is 0 Å². The zero-order valence-electron chi connectivity index (χ0n) is 11.5. The number of rotatable bonds is 6. The lowest BCUT2D eigenvalue weighted by molar-refractivity contribution is 0.430. The molecular weight excluding hydrogens is 224 g/mol. The summed E-state index contributed by atoms with van der Waals surface area (Å²) in [5, 5.41) is 3.42. The quantitative estimate of drug-likeness (QED) is 0.786. The molecule has 2 atom stereocenters. The summed E-state index contributed by atoms with van der Waals surface area (Å²) in [4.78, 5) is 4.43. The van der Waals surface area contributed by atoms with Crippen LogP contribution < -0.4 is 5.32 Å². The first-order valence-corrected chi connectivity index (χ1v) is 7.43. The molecule has 18 heavy (non-hydrogen) atoms. The first-order chi connectivity index (χ1) is 8.75.